The Morgan fingerprint density at radius 3 is 1.28 bits per heavy atom. The molecular formula is C71H101F3N12O35S. The highest BCUT2D eigenvalue weighted by Gasteiger charge is 2.44. The van der Waals surface area contributed by atoms with Crippen LogP contribution >= 0.6 is 12.6 Å². The maximum Gasteiger partial charge on any atom is 0.471 e. The molecule has 122 heavy (non-hydrogen) atoms. The van der Waals surface area contributed by atoms with Crippen LogP contribution in [-0.4, -0.2) is 348 Å². The third kappa shape index (κ3) is 35.2. The fourth-order valence-corrected chi connectivity index (χ4v) is 12.0. The SMILES string of the molecule is Nc1nc2ncc(CN(C(=O)C(F)(F)F)c3ccc(C(=O)N[C@H](CCC(=O)C[C@@H](CCC(=O)NC[C@@H](O)[C@@H](O)[C@H](O)[C@H](O)CO)C(=O)C[C@H](CCC(=O)O)C(=O)C[C@@H](CCC(=O)NC[C@H](O)[C@@H](O)[C@H](O)[C@H](O)CO)C(=O)N[C@H](CCC(=O)O)C(=O)C[C@@H](CCC(=O)NC[C@H](O)[C@@H](O)[C@H](O)[C@H](O)CO)C(=O)N[C@H](CS)C(=O)O)C(=O)O)cc3)nc2c(=O)[nH]1. The smallest absolute Gasteiger partial charge is 0.471 e. The molecule has 2 heterocycles. The molecular weight excluding hydrogens is 1670 g/mol. The van der Waals surface area contributed by atoms with Crippen molar-refractivity contribution in [2.24, 2.45) is 23.7 Å². The molecule has 19 atom stereocenters. The molecule has 1 aromatic carbocycles. The molecule has 7 amide bonds. The molecule has 51 heteroatoms. The number of carbonyl (C=O) groups is 15. The highest BCUT2D eigenvalue weighted by molar-refractivity contribution is 7.80. The highest BCUT2D eigenvalue weighted by atomic mass is 32.1. The Morgan fingerprint density at radius 2 is 0.861 bits per heavy atom. The number of aromatic nitrogens is 4. The summed E-state index contributed by atoms with van der Waals surface area (Å²) < 4.78 is 42.0. The van der Waals surface area contributed by atoms with Gasteiger partial charge >= 0.3 is 36.0 Å². The standard InChI is InChI=1S/C71H101F3N12O35S/c72-71(73,74)69(121)86(25-35-21-79-62-55(80-35)66(116)85-70(75)84-62)36-7-1-30(2-8-36)63(113)82-39(67(117)118)10-9-37(90)17-31(3-12-50(100)76-22-44(94)56(107)59(110)47(97)26-87)41(91)18-32(6-15-53(103)104)42(92)19-33(4-13-51(101)77-23-45(95)57(108)60(111)48(98)27-88)64(114)81-38(11-16-54(105)106)43(93)20-34(65(115)83-40(29-122)68(119)120)5-14-52(102)78-24-46(96)58(109)61(112)49(99)28-89/h1-2,7-8,21,31-34,38-40,44-49,56-61,87-89,94-99,107-112,122H,3-6,9-20,22-29H2,(H,76,100)(H,77,101)(H,78,102)(H,81,114)(H,82,113)(H,83,115)(H,103,104)(H,105,106)(H,117,118)(H,119,120)(H3,75,79,84,85,116)/t31-,32+,33-,34-,38-,39-,40-,44-,45+,46+,47-,48-,49-,56-,57-,58-,59-,60-,61-/m1/s1. The Labute approximate surface area is 693 Å². The zero-order valence-corrected chi connectivity index (χ0v) is 65.7. The average molecular weight is 1770 g/mol. The van der Waals surface area contributed by atoms with Crippen LogP contribution in [0, 0.1) is 23.7 Å². The van der Waals surface area contributed by atoms with E-state index in [2.05, 4.69) is 64.5 Å². The van der Waals surface area contributed by atoms with Crippen molar-refractivity contribution < 1.29 is 182 Å². The van der Waals surface area contributed by atoms with E-state index >= 15 is 0 Å². The number of ketones is 4. The van der Waals surface area contributed by atoms with Crippen molar-refractivity contribution in [3.05, 3.63) is 52.1 Å². The quantitative estimate of drug-likeness (QED) is 0.0233. The third-order valence-electron chi connectivity index (χ3n) is 19.0. The van der Waals surface area contributed by atoms with Crippen LogP contribution in [0.15, 0.2) is 35.3 Å². The lowest BCUT2D eigenvalue weighted by atomic mass is 9.81. The van der Waals surface area contributed by atoms with Gasteiger partial charge in [-0.1, -0.05) is 0 Å². The molecule has 682 valence electrons. The van der Waals surface area contributed by atoms with Crippen molar-refractivity contribution in [1.29, 1.82) is 0 Å². The minimum Gasteiger partial charge on any atom is -0.481 e. The molecule has 2 aromatic heterocycles. The van der Waals surface area contributed by atoms with E-state index in [1.807, 2.05) is 0 Å². The first-order chi connectivity index (χ1) is 57.1. The van der Waals surface area contributed by atoms with Gasteiger partial charge < -0.3 is 135 Å². The van der Waals surface area contributed by atoms with Gasteiger partial charge in [0.1, 0.15) is 84.4 Å². The average Bonchev–Trinajstić information content (AvgIpc) is 0.794. The summed E-state index contributed by atoms with van der Waals surface area (Å²) in [6, 6.07) is -2.43. The molecule has 0 aliphatic heterocycles. The van der Waals surface area contributed by atoms with Gasteiger partial charge in [0.15, 0.2) is 16.9 Å². The van der Waals surface area contributed by atoms with Crippen molar-refractivity contribution in [2.75, 3.05) is 55.8 Å². The fraction of sp³-hybridized carbons (Fsp3) is 0.620. The fourth-order valence-electron chi connectivity index (χ4n) is 11.8. The predicted molar refractivity (Wildman–Crippen MR) is 406 cm³/mol. The molecule has 0 bridgehead atoms. The third-order valence-corrected chi connectivity index (χ3v) is 19.4. The zero-order valence-electron chi connectivity index (χ0n) is 64.8. The second-order valence-corrected chi connectivity index (χ2v) is 28.7. The molecule has 0 saturated carbocycles. The van der Waals surface area contributed by atoms with E-state index < -0.39 is 386 Å². The number of thiol groups is 1. The molecule has 0 saturated heterocycles. The van der Waals surface area contributed by atoms with Crippen molar-refractivity contribution in [2.45, 2.75) is 207 Å². The number of nitrogen functional groups attached to an aromatic ring is 1. The van der Waals surface area contributed by atoms with Crippen LogP contribution in [0.2, 0.25) is 0 Å². The first kappa shape index (κ1) is 106. The van der Waals surface area contributed by atoms with E-state index in [1.165, 1.54) is 0 Å². The van der Waals surface area contributed by atoms with Crippen molar-refractivity contribution >= 4 is 124 Å². The van der Waals surface area contributed by atoms with Crippen LogP contribution in [0.25, 0.3) is 11.2 Å². The number of hydrogen-bond acceptors (Lipinski definition) is 36. The molecule has 3 rings (SSSR count). The number of fused-ring (bicyclic) bond motifs is 1. The Bertz CT molecular complexity index is 4140. The van der Waals surface area contributed by atoms with Gasteiger partial charge in [0.2, 0.25) is 35.5 Å². The molecule has 0 aliphatic rings. The molecule has 0 fully saturated rings. The number of carboxylic acids is 4. The largest absolute Gasteiger partial charge is 0.481 e. The van der Waals surface area contributed by atoms with E-state index in [1.54, 1.807) is 0 Å². The number of Topliss-reactive ketones (excluding diaryl/α,β-unsaturated/α-hetero) is 4. The van der Waals surface area contributed by atoms with Crippen LogP contribution in [-0.2, 0) is 73.7 Å². The summed E-state index contributed by atoms with van der Waals surface area (Å²) in [7, 11) is 0. The number of aliphatic carboxylic acids is 4. The van der Waals surface area contributed by atoms with E-state index in [0.29, 0.717) is 0 Å². The molecule has 0 aliphatic carbocycles. The number of nitrogens with one attached hydrogen (secondary N) is 7. The number of aliphatic hydroxyl groups excluding tert-OH is 15. The second-order valence-electron chi connectivity index (χ2n) is 28.3. The number of rotatable bonds is 59. The molecule has 47 nitrogen and oxygen atoms in total. The first-order valence-corrected chi connectivity index (χ1v) is 38.0. The van der Waals surface area contributed by atoms with Crippen LogP contribution in [0.1, 0.15) is 119 Å². The molecule has 3 aromatic rings. The summed E-state index contributed by atoms with van der Waals surface area (Å²) in [5, 5.41) is 202. The van der Waals surface area contributed by atoms with E-state index in [4.69, 9.17) is 10.8 Å². The van der Waals surface area contributed by atoms with E-state index in [-0.39, 0.29) is 22.2 Å². The van der Waals surface area contributed by atoms with Gasteiger partial charge in [-0.2, -0.15) is 30.8 Å². The Kier molecular flexibility index (Phi) is 44.7. The monoisotopic (exact) mass is 1770 g/mol. The van der Waals surface area contributed by atoms with Crippen LogP contribution in [0.3, 0.4) is 0 Å². The summed E-state index contributed by atoms with van der Waals surface area (Å²) in [4.78, 5) is 228. The number of hydrogen-bond donors (Lipinski definition) is 28. The number of amides is 7. The van der Waals surface area contributed by atoms with E-state index in [0.717, 1.165) is 30.5 Å². The maximum absolute atomic E-state index is 14.8. The topological polar surface area (TPSA) is 813 Å². The first-order valence-electron chi connectivity index (χ1n) is 37.4. The molecule has 0 unspecified atom stereocenters. The molecule has 28 N–H and O–H groups in total. The Morgan fingerprint density at radius 1 is 0.475 bits per heavy atom. The minimum absolute atomic E-state index is 0.149. The zero-order chi connectivity index (χ0) is 92.3. The predicted octanol–water partition coefficient (Wildman–Crippen LogP) is -9.63. The van der Waals surface area contributed by atoms with Gasteiger partial charge in [0.25, 0.3) is 11.5 Å². The van der Waals surface area contributed by atoms with Gasteiger partial charge in [-0.15, -0.1) is 0 Å². The molecule has 0 radical (unpaired) electrons. The summed E-state index contributed by atoms with van der Waals surface area (Å²) in [6.07, 6.45) is -44.4. The normalized spacial score (nSPS) is 16.4. The number of nitrogens with two attached hydrogens (primary N) is 1. The van der Waals surface area contributed by atoms with Crippen LogP contribution in [0.4, 0.5) is 24.8 Å². The summed E-state index contributed by atoms with van der Waals surface area (Å²) >= 11 is 3.89. The van der Waals surface area contributed by atoms with Gasteiger partial charge in [-0.3, -0.25) is 77.0 Å². The lowest BCUT2D eigenvalue weighted by Gasteiger charge is -2.26. The number of benzene rings is 1. The summed E-state index contributed by atoms with van der Waals surface area (Å²) in [5.41, 5.74) is 2.44. The number of aliphatic hydroxyl groups is 15. The van der Waals surface area contributed by atoms with E-state index in [9.17, 15) is 182 Å². The number of alkyl halides is 3. The number of halogens is 3. The Hall–Kier alpha value is -10.4. The number of anilines is 2. The lowest BCUT2D eigenvalue weighted by molar-refractivity contribution is -0.170. The van der Waals surface area contributed by atoms with Gasteiger partial charge in [0, 0.05) is 125 Å². The molecule has 0 spiro atoms. The number of aromatic amines is 1. The summed E-state index contributed by atoms with van der Waals surface area (Å²) in [6.45, 7) is -6.97. The second kappa shape index (κ2) is 51.5. The maximum atomic E-state index is 14.8. The number of nitrogens with zero attached hydrogens (tertiary/aromatic N) is 4. The van der Waals surface area contributed by atoms with Gasteiger partial charge in [0.05, 0.1) is 62.6 Å². The highest BCUT2D eigenvalue weighted by Crippen LogP contribution is 2.29. The number of carbonyl (C=O) groups excluding carboxylic acids is 11. The van der Waals surface area contributed by atoms with Crippen molar-refractivity contribution in [3.8, 4) is 0 Å². The minimum atomic E-state index is -5.53. The lowest BCUT2D eigenvalue weighted by Crippen LogP contribution is -2.50. The number of carboxylic acid groups (broad SMARTS) is 4. The van der Waals surface area contributed by atoms with Crippen LogP contribution in [0.5, 0.6) is 0 Å². The van der Waals surface area contributed by atoms with Gasteiger partial charge in [-0.25, -0.2) is 19.6 Å². The summed E-state index contributed by atoms with van der Waals surface area (Å²) in [5.74, 6) is -29.4. The van der Waals surface area contributed by atoms with Gasteiger partial charge in [-0.05, 0) is 62.8 Å². The van der Waals surface area contributed by atoms with Crippen molar-refractivity contribution in [1.82, 2.24) is 51.8 Å². The Balaban J connectivity index is 2.10. The van der Waals surface area contributed by atoms with Crippen LogP contribution < -0.4 is 48.1 Å². The number of H-pyrrole nitrogens is 1. The van der Waals surface area contributed by atoms with Crippen molar-refractivity contribution in [3.63, 3.8) is 0 Å².